The van der Waals surface area contributed by atoms with Gasteiger partial charge in [0.05, 0.1) is 34.0 Å². The Morgan fingerprint density at radius 2 is 1.65 bits per heavy atom. The molecule has 0 radical (unpaired) electrons. The third-order valence-electron chi connectivity index (χ3n) is 4.38. The number of ether oxygens (including phenoxy) is 3. The summed E-state index contributed by atoms with van der Waals surface area (Å²) >= 11 is 0. The molecule has 8 nitrogen and oxygen atoms in total. The lowest BCUT2D eigenvalue weighted by Crippen LogP contribution is -2.46. The molecule has 9 heteroatoms. The minimum Gasteiger partial charge on any atom is -0.493 e. The van der Waals surface area contributed by atoms with Crippen molar-refractivity contribution < 1.29 is 27.4 Å². The molecule has 0 atom stereocenters. The summed E-state index contributed by atoms with van der Waals surface area (Å²) in [6.45, 7) is 0.849. The summed E-state index contributed by atoms with van der Waals surface area (Å²) in [6, 6.07) is 3.46. The molecule has 1 aliphatic heterocycles. The van der Waals surface area contributed by atoms with Crippen LogP contribution in [0.3, 0.4) is 0 Å². The molecule has 2 rings (SSSR count). The van der Waals surface area contributed by atoms with Crippen LogP contribution in [0.25, 0.3) is 0 Å². The molecule has 0 spiro atoms. The van der Waals surface area contributed by atoms with Gasteiger partial charge >= 0.3 is 0 Å². The number of rotatable bonds is 7. The Morgan fingerprint density at radius 1 is 1.12 bits per heavy atom. The largest absolute Gasteiger partial charge is 0.493 e. The number of sulfonamides is 1. The van der Waals surface area contributed by atoms with Crippen molar-refractivity contribution in [3.8, 4) is 17.2 Å². The average molecular weight is 386 g/mol. The lowest BCUT2D eigenvalue weighted by Gasteiger charge is -2.30. The van der Waals surface area contributed by atoms with E-state index in [9.17, 15) is 13.2 Å². The molecule has 1 heterocycles. The topological polar surface area (TPSA) is 94.2 Å². The standard InChI is InChI=1S/C17H26N2O6S/c1-23-14-9-12(10-15(24-2)17(14)25-3)11-16(20)18-13-5-7-19(8-6-13)26(4,21)22/h9-10,13H,5-8,11H2,1-4H3,(H,18,20). The van der Waals surface area contributed by atoms with Crippen LogP contribution in [0, 0.1) is 0 Å². The first-order chi connectivity index (χ1) is 12.3. The predicted molar refractivity (Wildman–Crippen MR) is 97.4 cm³/mol. The van der Waals surface area contributed by atoms with Gasteiger partial charge in [-0.1, -0.05) is 0 Å². The Labute approximate surface area is 154 Å². The lowest BCUT2D eigenvalue weighted by atomic mass is 10.1. The Bertz CT molecular complexity index is 717. The second kappa shape index (κ2) is 8.59. The minimum absolute atomic E-state index is 0.0254. The average Bonchev–Trinajstić information content (AvgIpc) is 2.60. The molecule has 0 aliphatic carbocycles. The van der Waals surface area contributed by atoms with Crippen molar-refractivity contribution >= 4 is 15.9 Å². The van der Waals surface area contributed by atoms with Crippen LogP contribution in [0.5, 0.6) is 17.2 Å². The van der Waals surface area contributed by atoms with Crippen molar-refractivity contribution in [1.29, 1.82) is 0 Å². The fraction of sp³-hybridized carbons (Fsp3) is 0.588. The number of hydrogen-bond acceptors (Lipinski definition) is 6. The molecule has 0 saturated carbocycles. The molecule has 1 fully saturated rings. The number of amides is 1. The maximum Gasteiger partial charge on any atom is 0.224 e. The molecule has 1 aliphatic rings. The van der Waals surface area contributed by atoms with Crippen LogP contribution in [0.1, 0.15) is 18.4 Å². The van der Waals surface area contributed by atoms with Crippen LogP contribution >= 0.6 is 0 Å². The van der Waals surface area contributed by atoms with E-state index in [-0.39, 0.29) is 18.4 Å². The number of piperidine rings is 1. The summed E-state index contributed by atoms with van der Waals surface area (Å²) in [5.74, 6) is 1.34. The van der Waals surface area contributed by atoms with Crippen molar-refractivity contribution in [1.82, 2.24) is 9.62 Å². The number of benzene rings is 1. The summed E-state index contributed by atoms with van der Waals surface area (Å²) in [7, 11) is 1.41. The minimum atomic E-state index is -3.17. The van der Waals surface area contributed by atoms with E-state index in [1.807, 2.05) is 0 Å². The van der Waals surface area contributed by atoms with Gasteiger partial charge in [0.1, 0.15) is 0 Å². The third kappa shape index (κ3) is 5.01. The fourth-order valence-corrected chi connectivity index (χ4v) is 3.91. The molecule has 146 valence electrons. The summed E-state index contributed by atoms with van der Waals surface area (Å²) in [6.07, 6.45) is 2.58. The smallest absolute Gasteiger partial charge is 0.224 e. The molecule has 1 saturated heterocycles. The summed E-state index contributed by atoms with van der Waals surface area (Å²) < 4.78 is 40.4. The van der Waals surface area contributed by atoms with E-state index in [0.717, 1.165) is 5.56 Å². The molecule has 0 unspecified atom stereocenters. The highest BCUT2D eigenvalue weighted by atomic mass is 32.2. The Morgan fingerprint density at radius 3 is 2.08 bits per heavy atom. The van der Waals surface area contributed by atoms with E-state index >= 15 is 0 Å². The quantitative estimate of drug-likeness (QED) is 0.745. The highest BCUT2D eigenvalue weighted by Crippen LogP contribution is 2.38. The Hall–Kier alpha value is -2.00. The van der Waals surface area contributed by atoms with Crippen LogP contribution in [0.4, 0.5) is 0 Å². The molecule has 1 aromatic rings. The SMILES string of the molecule is COc1cc(CC(=O)NC2CCN(S(C)(=O)=O)CC2)cc(OC)c1OC. The number of carbonyl (C=O) groups excluding carboxylic acids is 1. The number of nitrogens with zero attached hydrogens (tertiary/aromatic N) is 1. The molecule has 1 amide bonds. The van der Waals surface area contributed by atoms with E-state index in [1.165, 1.54) is 31.9 Å². The maximum absolute atomic E-state index is 12.4. The van der Waals surface area contributed by atoms with E-state index in [1.54, 1.807) is 12.1 Å². The van der Waals surface area contributed by atoms with Crippen LogP contribution in [-0.4, -0.2) is 65.3 Å². The van der Waals surface area contributed by atoms with E-state index in [2.05, 4.69) is 5.32 Å². The van der Waals surface area contributed by atoms with Crippen molar-refractivity contribution in [2.24, 2.45) is 0 Å². The van der Waals surface area contributed by atoms with E-state index in [0.29, 0.717) is 43.2 Å². The van der Waals surface area contributed by atoms with Gasteiger partial charge in [-0.3, -0.25) is 4.79 Å². The monoisotopic (exact) mass is 386 g/mol. The van der Waals surface area contributed by atoms with E-state index < -0.39 is 10.0 Å². The Kier molecular flexibility index (Phi) is 6.71. The van der Waals surface area contributed by atoms with Crippen molar-refractivity contribution in [3.05, 3.63) is 17.7 Å². The van der Waals surface area contributed by atoms with Crippen molar-refractivity contribution in [2.75, 3.05) is 40.7 Å². The fourth-order valence-electron chi connectivity index (χ4n) is 3.03. The maximum atomic E-state index is 12.4. The predicted octanol–water partition coefficient (Wildman–Crippen LogP) is 0.795. The van der Waals surface area contributed by atoms with Crippen LogP contribution in [0.2, 0.25) is 0 Å². The summed E-state index contributed by atoms with van der Waals surface area (Å²) in [5.41, 5.74) is 0.741. The number of hydrogen-bond donors (Lipinski definition) is 1. The summed E-state index contributed by atoms with van der Waals surface area (Å²) in [4.78, 5) is 12.4. The zero-order chi connectivity index (χ0) is 19.3. The van der Waals surface area contributed by atoms with Crippen LogP contribution < -0.4 is 19.5 Å². The summed E-state index contributed by atoms with van der Waals surface area (Å²) in [5, 5.41) is 2.97. The van der Waals surface area contributed by atoms with Gasteiger partial charge in [0.2, 0.25) is 21.7 Å². The van der Waals surface area contributed by atoms with Crippen molar-refractivity contribution in [2.45, 2.75) is 25.3 Å². The van der Waals surface area contributed by atoms with Gasteiger partial charge in [0.25, 0.3) is 0 Å². The molecule has 1 aromatic carbocycles. The van der Waals surface area contributed by atoms with E-state index in [4.69, 9.17) is 14.2 Å². The highest BCUT2D eigenvalue weighted by Gasteiger charge is 2.26. The lowest BCUT2D eigenvalue weighted by molar-refractivity contribution is -0.121. The van der Waals surface area contributed by atoms with Gasteiger partial charge < -0.3 is 19.5 Å². The Balaban J connectivity index is 1.98. The van der Waals surface area contributed by atoms with Crippen LogP contribution in [0.15, 0.2) is 12.1 Å². The van der Waals surface area contributed by atoms with Gasteiger partial charge in [-0.05, 0) is 30.5 Å². The van der Waals surface area contributed by atoms with Gasteiger partial charge in [0, 0.05) is 19.1 Å². The first-order valence-corrected chi connectivity index (χ1v) is 10.2. The van der Waals surface area contributed by atoms with Gasteiger partial charge in [0.15, 0.2) is 11.5 Å². The highest BCUT2D eigenvalue weighted by molar-refractivity contribution is 7.88. The van der Waals surface area contributed by atoms with Gasteiger partial charge in [-0.2, -0.15) is 0 Å². The first kappa shape index (κ1) is 20.3. The normalized spacial score (nSPS) is 16.2. The molecule has 0 bridgehead atoms. The molecule has 1 N–H and O–H groups in total. The zero-order valence-electron chi connectivity index (χ0n) is 15.6. The van der Waals surface area contributed by atoms with Gasteiger partial charge in [-0.25, -0.2) is 12.7 Å². The second-order valence-corrected chi connectivity index (χ2v) is 8.20. The molecule has 26 heavy (non-hydrogen) atoms. The molecule has 0 aromatic heterocycles. The van der Waals surface area contributed by atoms with Gasteiger partial charge in [-0.15, -0.1) is 0 Å². The second-order valence-electron chi connectivity index (χ2n) is 6.21. The number of carbonyl (C=O) groups is 1. The van der Waals surface area contributed by atoms with Crippen molar-refractivity contribution in [3.63, 3.8) is 0 Å². The number of methoxy groups -OCH3 is 3. The third-order valence-corrected chi connectivity index (χ3v) is 5.68. The van der Waals surface area contributed by atoms with Crippen LogP contribution in [-0.2, 0) is 21.2 Å². The first-order valence-electron chi connectivity index (χ1n) is 8.31. The zero-order valence-corrected chi connectivity index (χ0v) is 16.4. The number of nitrogens with one attached hydrogen (secondary N) is 1. The molecular formula is C17H26N2O6S. The molecular weight excluding hydrogens is 360 g/mol.